The molecule has 122 valence electrons. The molecule has 22 heavy (non-hydrogen) atoms. The topological polar surface area (TPSA) is 64.8 Å². The molecule has 1 aliphatic rings. The van der Waals surface area contributed by atoms with Gasteiger partial charge in [0.15, 0.2) is 11.6 Å². The quantitative estimate of drug-likeness (QED) is 0.634. The van der Waals surface area contributed by atoms with E-state index in [0.29, 0.717) is 18.8 Å². The molecule has 0 aromatic heterocycles. The lowest BCUT2D eigenvalue weighted by atomic mass is 9.98. The molecular weight excluding hydrogens is 291 g/mol. The van der Waals surface area contributed by atoms with Crippen LogP contribution in [0.25, 0.3) is 0 Å². The lowest BCUT2D eigenvalue weighted by molar-refractivity contribution is -0.384. The zero-order valence-electron chi connectivity index (χ0n) is 13.5. The molecule has 0 atom stereocenters. The third-order valence-electron chi connectivity index (χ3n) is 3.48. The molecule has 1 aliphatic heterocycles. The fraction of sp³-hybridized carbons (Fsp3) is 0.600. The molecule has 1 fully saturated rings. The van der Waals surface area contributed by atoms with E-state index in [9.17, 15) is 14.5 Å². The van der Waals surface area contributed by atoms with Gasteiger partial charge in [0, 0.05) is 19.2 Å². The summed E-state index contributed by atoms with van der Waals surface area (Å²) in [6, 6.07) is 2.29. The van der Waals surface area contributed by atoms with Crippen molar-refractivity contribution in [2.45, 2.75) is 38.9 Å². The molecule has 0 unspecified atom stereocenters. The van der Waals surface area contributed by atoms with Crippen LogP contribution in [-0.2, 0) is 4.74 Å². The summed E-state index contributed by atoms with van der Waals surface area (Å²) in [7, 11) is 1.33. The fourth-order valence-electron chi connectivity index (χ4n) is 3.05. The number of rotatable bonds is 3. The van der Waals surface area contributed by atoms with Crippen LogP contribution in [0.3, 0.4) is 0 Å². The van der Waals surface area contributed by atoms with Crippen molar-refractivity contribution < 1.29 is 18.8 Å². The minimum Gasteiger partial charge on any atom is -0.494 e. The lowest BCUT2D eigenvalue weighted by Crippen LogP contribution is -2.57. The summed E-state index contributed by atoms with van der Waals surface area (Å²) in [4.78, 5) is 12.6. The van der Waals surface area contributed by atoms with Gasteiger partial charge in [-0.25, -0.2) is 4.39 Å². The zero-order chi connectivity index (χ0) is 16.7. The predicted octanol–water partition coefficient (Wildman–Crippen LogP) is 3.14. The van der Waals surface area contributed by atoms with Crippen molar-refractivity contribution in [2.24, 2.45) is 0 Å². The first-order valence-corrected chi connectivity index (χ1v) is 7.02. The van der Waals surface area contributed by atoms with E-state index >= 15 is 0 Å². The van der Waals surface area contributed by atoms with E-state index in [4.69, 9.17) is 9.47 Å². The molecule has 6 nitrogen and oxygen atoms in total. The average Bonchev–Trinajstić information content (AvgIpc) is 2.34. The highest BCUT2D eigenvalue weighted by Gasteiger charge is 2.40. The zero-order valence-corrected chi connectivity index (χ0v) is 13.5. The number of benzene rings is 1. The van der Waals surface area contributed by atoms with Crippen molar-refractivity contribution in [2.75, 3.05) is 25.1 Å². The molecule has 1 heterocycles. The van der Waals surface area contributed by atoms with Gasteiger partial charge in [-0.3, -0.25) is 10.1 Å². The Morgan fingerprint density at radius 1 is 1.27 bits per heavy atom. The molecule has 1 aromatic carbocycles. The maximum Gasteiger partial charge on any atom is 0.295 e. The predicted molar refractivity (Wildman–Crippen MR) is 81.1 cm³/mol. The van der Waals surface area contributed by atoms with Gasteiger partial charge in [-0.2, -0.15) is 0 Å². The second kappa shape index (κ2) is 5.39. The molecule has 1 aromatic rings. The summed E-state index contributed by atoms with van der Waals surface area (Å²) in [5.41, 5.74) is -0.881. The van der Waals surface area contributed by atoms with Crippen molar-refractivity contribution in [1.82, 2.24) is 0 Å². The van der Waals surface area contributed by atoms with Crippen LogP contribution in [0, 0.1) is 15.9 Å². The first kappa shape index (κ1) is 16.5. The highest BCUT2D eigenvalue weighted by molar-refractivity contribution is 5.67. The first-order chi connectivity index (χ1) is 10.0. The van der Waals surface area contributed by atoms with E-state index in [1.807, 2.05) is 32.6 Å². The summed E-state index contributed by atoms with van der Waals surface area (Å²) >= 11 is 0. The van der Waals surface area contributed by atoms with E-state index in [2.05, 4.69) is 0 Å². The second-order valence-corrected chi connectivity index (χ2v) is 6.71. The SMILES string of the molecule is COc1cc(N2CC(C)(C)OC(C)(C)C2)c([N+](=O)[O-])cc1F. The number of nitro groups is 1. The molecule has 2 rings (SSSR count). The van der Waals surface area contributed by atoms with Gasteiger partial charge in [-0.1, -0.05) is 0 Å². The summed E-state index contributed by atoms with van der Waals surface area (Å²) in [5.74, 6) is -0.757. The standard InChI is InChI=1S/C15H21FN2O4/c1-14(2)8-17(9-15(3,4)22-14)11-7-13(21-5)10(16)6-12(11)18(19)20/h6-7H,8-9H2,1-5H3. The molecule has 0 aliphatic carbocycles. The summed E-state index contributed by atoms with van der Waals surface area (Å²) in [5, 5.41) is 11.3. The van der Waals surface area contributed by atoms with Crippen LogP contribution in [-0.4, -0.2) is 36.3 Å². The number of hydrogen-bond donors (Lipinski definition) is 0. The summed E-state index contributed by atoms with van der Waals surface area (Å²) in [6.45, 7) is 8.63. The lowest BCUT2D eigenvalue weighted by Gasteiger charge is -2.47. The molecule has 0 spiro atoms. The average molecular weight is 312 g/mol. The third-order valence-corrected chi connectivity index (χ3v) is 3.48. The number of nitro benzene ring substituents is 1. The van der Waals surface area contributed by atoms with Gasteiger partial charge in [-0.05, 0) is 27.7 Å². The van der Waals surface area contributed by atoms with E-state index in [1.165, 1.54) is 13.2 Å². The van der Waals surface area contributed by atoms with Crippen molar-refractivity contribution in [3.63, 3.8) is 0 Å². The molecule has 0 radical (unpaired) electrons. The number of hydrogen-bond acceptors (Lipinski definition) is 5. The monoisotopic (exact) mass is 312 g/mol. The maximum absolute atomic E-state index is 13.8. The molecule has 0 N–H and O–H groups in total. The first-order valence-electron chi connectivity index (χ1n) is 7.02. The Kier molecular flexibility index (Phi) is 4.04. The van der Waals surface area contributed by atoms with Crippen LogP contribution in [0.5, 0.6) is 5.75 Å². The van der Waals surface area contributed by atoms with Crippen LogP contribution < -0.4 is 9.64 Å². The minimum atomic E-state index is -0.746. The molecule has 0 saturated carbocycles. The molecule has 7 heteroatoms. The van der Waals surface area contributed by atoms with Crippen molar-refractivity contribution in [3.05, 3.63) is 28.1 Å². The van der Waals surface area contributed by atoms with E-state index in [-0.39, 0.29) is 11.4 Å². The van der Waals surface area contributed by atoms with Gasteiger partial charge in [0.25, 0.3) is 5.69 Å². The third kappa shape index (κ3) is 3.30. The van der Waals surface area contributed by atoms with Crippen LogP contribution in [0.1, 0.15) is 27.7 Å². The Hall–Kier alpha value is -1.89. The number of halogens is 1. The Bertz CT molecular complexity index is 585. The maximum atomic E-state index is 13.8. The fourth-order valence-corrected chi connectivity index (χ4v) is 3.05. The van der Waals surface area contributed by atoms with E-state index in [1.54, 1.807) is 0 Å². The van der Waals surface area contributed by atoms with Gasteiger partial charge >= 0.3 is 0 Å². The minimum absolute atomic E-state index is 0.0114. The number of methoxy groups -OCH3 is 1. The van der Waals surface area contributed by atoms with Gasteiger partial charge in [0.05, 0.1) is 29.3 Å². The molecule has 0 bridgehead atoms. The van der Waals surface area contributed by atoms with E-state index in [0.717, 1.165) is 6.07 Å². The second-order valence-electron chi connectivity index (χ2n) is 6.71. The van der Waals surface area contributed by atoms with Gasteiger partial charge in [0.2, 0.25) is 0 Å². The smallest absolute Gasteiger partial charge is 0.295 e. The van der Waals surface area contributed by atoms with Crippen LogP contribution in [0.4, 0.5) is 15.8 Å². The van der Waals surface area contributed by atoms with Crippen molar-refractivity contribution >= 4 is 11.4 Å². The number of morpholine rings is 1. The van der Waals surface area contributed by atoms with Gasteiger partial charge in [-0.15, -0.1) is 0 Å². The normalized spacial score (nSPS) is 19.8. The van der Waals surface area contributed by atoms with Crippen LogP contribution in [0.2, 0.25) is 0 Å². The Morgan fingerprint density at radius 2 is 1.82 bits per heavy atom. The summed E-state index contributed by atoms with van der Waals surface area (Å²) in [6.07, 6.45) is 0. The Morgan fingerprint density at radius 3 is 2.27 bits per heavy atom. The van der Waals surface area contributed by atoms with Crippen LogP contribution in [0.15, 0.2) is 12.1 Å². The number of nitrogens with zero attached hydrogens (tertiary/aromatic N) is 2. The van der Waals surface area contributed by atoms with Crippen molar-refractivity contribution in [1.29, 1.82) is 0 Å². The Balaban J connectivity index is 2.52. The molecule has 0 amide bonds. The molecule has 1 saturated heterocycles. The number of anilines is 1. The Labute approximate surface area is 129 Å². The van der Waals surface area contributed by atoms with E-state index < -0.39 is 21.9 Å². The molecular formula is C15H21FN2O4. The van der Waals surface area contributed by atoms with Gasteiger partial charge < -0.3 is 14.4 Å². The highest BCUT2D eigenvalue weighted by atomic mass is 19.1. The van der Waals surface area contributed by atoms with Gasteiger partial charge in [0.1, 0.15) is 5.69 Å². The highest BCUT2D eigenvalue weighted by Crippen LogP contribution is 2.39. The largest absolute Gasteiger partial charge is 0.494 e. The van der Waals surface area contributed by atoms with Crippen LogP contribution >= 0.6 is 0 Å². The summed E-state index contributed by atoms with van der Waals surface area (Å²) < 4.78 is 24.7. The number of ether oxygens (including phenoxy) is 2. The van der Waals surface area contributed by atoms with Crippen molar-refractivity contribution in [3.8, 4) is 5.75 Å².